The lowest BCUT2D eigenvalue weighted by Crippen LogP contribution is -2.35. The van der Waals surface area contributed by atoms with Crippen molar-refractivity contribution in [2.45, 2.75) is 6.54 Å². The normalized spacial score (nSPS) is 14.3. The molecule has 1 aromatic carbocycles. The second-order valence-electron chi connectivity index (χ2n) is 3.41. The van der Waals surface area contributed by atoms with Crippen LogP contribution in [0, 0.1) is 0 Å². The van der Waals surface area contributed by atoms with Gasteiger partial charge in [0.25, 0.3) is 0 Å². The lowest BCUT2D eigenvalue weighted by Gasteiger charge is -2.06. The molecule has 84 valence electrons. The van der Waals surface area contributed by atoms with E-state index < -0.39 is 0 Å². The highest BCUT2D eigenvalue weighted by Gasteiger charge is 2.11. The molecule has 0 atom stereocenters. The van der Waals surface area contributed by atoms with E-state index in [9.17, 15) is 4.79 Å². The van der Waals surface area contributed by atoms with Crippen LogP contribution in [0.2, 0.25) is 0 Å². The van der Waals surface area contributed by atoms with Crippen molar-refractivity contribution in [1.29, 1.82) is 0 Å². The molecule has 16 heavy (non-hydrogen) atoms. The fourth-order valence-electron chi connectivity index (χ4n) is 1.39. The molecule has 0 spiro atoms. The molecule has 0 saturated heterocycles. The van der Waals surface area contributed by atoms with E-state index in [-0.39, 0.29) is 12.5 Å². The maximum Gasteiger partial charge on any atom is 0.248 e. The van der Waals surface area contributed by atoms with Gasteiger partial charge in [0.1, 0.15) is 12.3 Å². The van der Waals surface area contributed by atoms with E-state index in [1.165, 1.54) is 0 Å². The fourth-order valence-corrected chi connectivity index (χ4v) is 1.39. The van der Waals surface area contributed by atoms with Gasteiger partial charge in [0.05, 0.1) is 7.11 Å². The summed E-state index contributed by atoms with van der Waals surface area (Å²) in [6.45, 7) is 0.841. The van der Waals surface area contributed by atoms with Crippen LogP contribution in [0.5, 0.6) is 5.75 Å². The first kappa shape index (κ1) is 10.5. The minimum atomic E-state index is -0.0720. The van der Waals surface area contributed by atoms with Crippen LogP contribution in [0.3, 0.4) is 0 Å². The summed E-state index contributed by atoms with van der Waals surface area (Å²) < 4.78 is 5.06. The number of amides is 1. The van der Waals surface area contributed by atoms with Gasteiger partial charge in [-0.1, -0.05) is 12.1 Å². The van der Waals surface area contributed by atoms with Crippen LogP contribution in [0.1, 0.15) is 5.56 Å². The summed E-state index contributed by atoms with van der Waals surface area (Å²) in [6.07, 6.45) is 0. The molecule has 1 aliphatic rings. The Labute approximate surface area is 93.5 Å². The molecule has 0 radical (unpaired) electrons. The number of benzene rings is 1. The molecular weight excluding hydrogens is 206 g/mol. The standard InChI is InChI=1S/C11H13N3O2/c1-16-9-4-2-8(3-5-9)6-12-11-13-7-10(15)14-11/h2-5H,6-7H2,1H3,(H2,12,13,14,15). The number of rotatable bonds is 3. The molecule has 1 amide bonds. The van der Waals surface area contributed by atoms with Gasteiger partial charge in [-0.05, 0) is 17.7 Å². The van der Waals surface area contributed by atoms with Crippen molar-refractivity contribution in [3.8, 4) is 5.75 Å². The maximum atomic E-state index is 10.9. The monoisotopic (exact) mass is 219 g/mol. The number of nitrogens with zero attached hydrogens (tertiary/aromatic N) is 1. The molecule has 1 aromatic rings. The summed E-state index contributed by atoms with van der Waals surface area (Å²) in [5, 5.41) is 5.66. The van der Waals surface area contributed by atoms with Gasteiger partial charge in [-0.25, -0.2) is 4.99 Å². The van der Waals surface area contributed by atoms with E-state index >= 15 is 0 Å². The Balaban J connectivity index is 1.87. The molecule has 1 heterocycles. The third-order valence-corrected chi connectivity index (χ3v) is 2.26. The Morgan fingerprint density at radius 1 is 1.44 bits per heavy atom. The Kier molecular flexibility index (Phi) is 3.05. The molecule has 0 aromatic heterocycles. The van der Waals surface area contributed by atoms with Crippen LogP contribution in [-0.2, 0) is 11.3 Å². The molecule has 0 aliphatic carbocycles. The van der Waals surface area contributed by atoms with E-state index in [0.29, 0.717) is 12.5 Å². The smallest absolute Gasteiger partial charge is 0.248 e. The molecule has 5 nitrogen and oxygen atoms in total. The number of guanidine groups is 1. The lowest BCUT2D eigenvalue weighted by atomic mass is 10.2. The fraction of sp³-hybridized carbons (Fsp3) is 0.273. The van der Waals surface area contributed by atoms with E-state index in [4.69, 9.17) is 4.74 Å². The minimum absolute atomic E-state index is 0.0720. The summed E-state index contributed by atoms with van der Waals surface area (Å²) in [5.74, 6) is 1.30. The van der Waals surface area contributed by atoms with Gasteiger partial charge in [-0.15, -0.1) is 0 Å². The Morgan fingerprint density at radius 3 is 2.75 bits per heavy atom. The Bertz CT molecular complexity index is 412. The van der Waals surface area contributed by atoms with Crippen molar-refractivity contribution in [2.75, 3.05) is 13.7 Å². The number of methoxy groups -OCH3 is 1. The predicted octanol–water partition coefficient (Wildman–Crippen LogP) is 0.271. The first-order valence-electron chi connectivity index (χ1n) is 4.99. The molecule has 2 rings (SSSR count). The first-order chi connectivity index (χ1) is 7.78. The topological polar surface area (TPSA) is 62.7 Å². The highest BCUT2D eigenvalue weighted by molar-refractivity contribution is 6.02. The zero-order valence-corrected chi connectivity index (χ0v) is 8.99. The molecule has 0 unspecified atom stereocenters. The Hall–Kier alpha value is -2.04. The van der Waals surface area contributed by atoms with Gasteiger partial charge >= 0.3 is 0 Å². The third-order valence-electron chi connectivity index (χ3n) is 2.26. The number of ether oxygens (including phenoxy) is 1. The third kappa shape index (κ3) is 2.50. The van der Waals surface area contributed by atoms with E-state index in [2.05, 4.69) is 15.6 Å². The van der Waals surface area contributed by atoms with Crippen molar-refractivity contribution in [3.05, 3.63) is 29.8 Å². The largest absolute Gasteiger partial charge is 0.497 e. The lowest BCUT2D eigenvalue weighted by molar-refractivity contribution is -0.117. The number of carbonyl (C=O) groups excluding carboxylic acids is 1. The average molecular weight is 219 g/mol. The van der Waals surface area contributed by atoms with Gasteiger partial charge in [-0.3, -0.25) is 10.1 Å². The number of nitrogens with one attached hydrogen (secondary N) is 2. The average Bonchev–Trinajstić information content (AvgIpc) is 2.73. The van der Waals surface area contributed by atoms with Crippen molar-refractivity contribution >= 4 is 11.9 Å². The predicted molar refractivity (Wildman–Crippen MR) is 60.3 cm³/mol. The maximum absolute atomic E-state index is 10.9. The number of carbonyl (C=O) groups is 1. The summed E-state index contributed by atoms with van der Waals surface area (Å²) in [7, 11) is 1.63. The molecule has 2 N–H and O–H groups in total. The van der Waals surface area contributed by atoms with Gasteiger partial charge in [0.15, 0.2) is 5.96 Å². The van der Waals surface area contributed by atoms with E-state index in [1.807, 2.05) is 24.3 Å². The summed E-state index contributed by atoms with van der Waals surface area (Å²) in [6, 6.07) is 7.71. The Morgan fingerprint density at radius 2 is 2.19 bits per heavy atom. The molecule has 5 heteroatoms. The first-order valence-corrected chi connectivity index (χ1v) is 4.99. The molecule has 1 aliphatic heterocycles. The van der Waals surface area contributed by atoms with Gasteiger partial charge in [0.2, 0.25) is 5.91 Å². The highest BCUT2D eigenvalue weighted by Crippen LogP contribution is 2.10. The summed E-state index contributed by atoms with van der Waals surface area (Å²) in [4.78, 5) is 14.9. The van der Waals surface area contributed by atoms with Crippen molar-refractivity contribution in [1.82, 2.24) is 10.6 Å². The van der Waals surface area contributed by atoms with E-state index in [1.54, 1.807) is 7.11 Å². The number of hydrogen-bond donors (Lipinski definition) is 2. The van der Waals surface area contributed by atoms with Crippen LogP contribution in [0.25, 0.3) is 0 Å². The van der Waals surface area contributed by atoms with Crippen LogP contribution in [0.4, 0.5) is 0 Å². The van der Waals surface area contributed by atoms with Crippen molar-refractivity contribution in [3.63, 3.8) is 0 Å². The quantitative estimate of drug-likeness (QED) is 0.767. The van der Waals surface area contributed by atoms with Crippen LogP contribution in [0.15, 0.2) is 29.3 Å². The second kappa shape index (κ2) is 4.65. The molecule has 0 saturated carbocycles. The van der Waals surface area contributed by atoms with E-state index in [0.717, 1.165) is 11.3 Å². The van der Waals surface area contributed by atoms with Crippen molar-refractivity contribution < 1.29 is 9.53 Å². The van der Waals surface area contributed by atoms with Gasteiger partial charge in [-0.2, -0.15) is 0 Å². The SMILES string of the molecule is COc1ccc(CNC2=NCC(=O)N2)cc1. The van der Waals surface area contributed by atoms with Gasteiger partial charge in [0, 0.05) is 6.54 Å². The molecular formula is C11H13N3O2. The zero-order chi connectivity index (χ0) is 11.4. The summed E-state index contributed by atoms with van der Waals surface area (Å²) in [5.41, 5.74) is 1.10. The van der Waals surface area contributed by atoms with Crippen LogP contribution >= 0.6 is 0 Å². The van der Waals surface area contributed by atoms with Crippen LogP contribution in [-0.4, -0.2) is 25.5 Å². The second-order valence-corrected chi connectivity index (χ2v) is 3.41. The summed E-state index contributed by atoms with van der Waals surface area (Å²) >= 11 is 0. The molecule has 0 fully saturated rings. The number of aliphatic imine (C=N–C) groups is 1. The van der Waals surface area contributed by atoms with Crippen molar-refractivity contribution in [2.24, 2.45) is 4.99 Å². The van der Waals surface area contributed by atoms with Crippen LogP contribution < -0.4 is 15.4 Å². The highest BCUT2D eigenvalue weighted by atomic mass is 16.5. The van der Waals surface area contributed by atoms with Gasteiger partial charge < -0.3 is 10.1 Å². The number of hydrogen-bond acceptors (Lipinski definition) is 4. The molecule has 0 bridgehead atoms. The minimum Gasteiger partial charge on any atom is -0.497 e. The zero-order valence-electron chi connectivity index (χ0n) is 8.99.